The maximum absolute atomic E-state index is 10.1. The van der Waals surface area contributed by atoms with Crippen molar-refractivity contribution in [3.8, 4) is 5.75 Å². The third kappa shape index (κ3) is 4.84. The highest BCUT2D eigenvalue weighted by Crippen LogP contribution is 2.19. The van der Waals surface area contributed by atoms with Crippen LogP contribution in [0.4, 0.5) is 0 Å². The fourth-order valence-electron chi connectivity index (χ4n) is 2.53. The Hall–Kier alpha value is -2.79. The van der Waals surface area contributed by atoms with Crippen LogP contribution >= 0.6 is 12.2 Å². The van der Waals surface area contributed by atoms with Crippen molar-refractivity contribution in [2.24, 2.45) is 0 Å². The molecule has 1 heterocycles. The maximum atomic E-state index is 10.1. The summed E-state index contributed by atoms with van der Waals surface area (Å²) in [7, 11) is 0. The molecule has 0 bridgehead atoms. The molecule has 0 amide bonds. The molecule has 5 heteroatoms. The van der Waals surface area contributed by atoms with Gasteiger partial charge in [-0.15, -0.1) is 0 Å². The highest BCUT2D eigenvalue weighted by molar-refractivity contribution is 7.80. The van der Waals surface area contributed by atoms with Gasteiger partial charge in [0, 0.05) is 18.7 Å². The summed E-state index contributed by atoms with van der Waals surface area (Å²) >= 11 is 5.58. The molecule has 0 saturated heterocycles. The first-order valence-corrected chi connectivity index (χ1v) is 8.49. The molecule has 0 unspecified atom stereocenters. The minimum Gasteiger partial charge on any atom is -0.508 e. The first-order chi connectivity index (χ1) is 12.2. The molecule has 3 rings (SSSR count). The van der Waals surface area contributed by atoms with Gasteiger partial charge in [0.1, 0.15) is 11.5 Å². The molecule has 0 atom stereocenters. The Kier molecular flexibility index (Phi) is 5.69. The predicted octanol–water partition coefficient (Wildman–Crippen LogP) is 4.06. The molecule has 0 radical (unpaired) electrons. The monoisotopic (exact) mass is 352 g/mol. The third-order valence-electron chi connectivity index (χ3n) is 3.85. The Bertz CT molecular complexity index is 804. The van der Waals surface area contributed by atoms with Crippen LogP contribution in [0.25, 0.3) is 0 Å². The Balaban J connectivity index is 1.71. The Morgan fingerprint density at radius 3 is 2.44 bits per heavy atom. The third-order valence-corrected chi connectivity index (χ3v) is 4.26. The standard InChI is InChI=1S/C20H20N2O2S/c23-19-11-5-4-9-17(19)14-22(15-18-10-6-12-24-18)20(25)21-13-16-7-2-1-3-8-16/h1-12,23H,13-15H2,(H,21,25). The number of thiocarbonyl (C=S) groups is 1. The Morgan fingerprint density at radius 2 is 1.72 bits per heavy atom. The number of furan rings is 1. The summed E-state index contributed by atoms with van der Waals surface area (Å²) in [6.07, 6.45) is 1.65. The zero-order valence-corrected chi connectivity index (χ0v) is 14.6. The molecule has 0 aliphatic heterocycles. The van der Waals surface area contributed by atoms with Gasteiger partial charge in [0.25, 0.3) is 0 Å². The minimum absolute atomic E-state index is 0.262. The Labute approximate surface area is 152 Å². The first-order valence-electron chi connectivity index (χ1n) is 8.08. The zero-order chi connectivity index (χ0) is 17.5. The number of nitrogens with zero attached hydrogens (tertiary/aromatic N) is 1. The fraction of sp³-hybridized carbons (Fsp3) is 0.150. The molecule has 0 fully saturated rings. The number of aromatic hydroxyl groups is 1. The molecule has 1 aromatic heterocycles. The molecule has 0 saturated carbocycles. The summed E-state index contributed by atoms with van der Waals surface area (Å²) in [6, 6.07) is 21.2. The maximum Gasteiger partial charge on any atom is 0.169 e. The summed E-state index contributed by atoms with van der Waals surface area (Å²) in [6.45, 7) is 1.67. The lowest BCUT2D eigenvalue weighted by molar-refractivity contribution is 0.344. The molecule has 128 valence electrons. The molecular weight excluding hydrogens is 332 g/mol. The zero-order valence-electron chi connectivity index (χ0n) is 13.8. The summed E-state index contributed by atoms with van der Waals surface area (Å²) in [4.78, 5) is 1.98. The van der Waals surface area contributed by atoms with Crippen LogP contribution in [-0.2, 0) is 19.6 Å². The molecule has 0 aliphatic carbocycles. The van der Waals surface area contributed by atoms with Crippen LogP contribution in [-0.4, -0.2) is 15.1 Å². The normalized spacial score (nSPS) is 10.4. The number of nitrogens with one attached hydrogen (secondary N) is 1. The molecular formula is C20H20N2O2S. The lowest BCUT2D eigenvalue weighted by Gasteiger charge is -2.25. The number of phenolic OH excluding ortho intramolecular Hbond substituents is 1. The van der Waals surface area contributed by atoms with Crippen LogP contribution in [0.1, 0.15) is 16.9 Å². The van der Waals surface area contributed by atoms with E-state index in [1.807, 2.05) is 53.4 Å². The van der Waals surface area contributed by atoms with Gasteiger partial charge in [-0.05, 0) is 36.0 Å². The van der Waals surface area contributed by atoms with Gasteiger partial charge >= 0.3 is 0 Å². The van der Waals surface area contributed by atoms with Crippen LogP contribution in [0, 0.1) is 0 Å². The average molecular weight is 352 g/mol. The van der Waals surface area contributed by atoms with Crippen molar-refractivity contribution in [3.05, 3.63) is 89.9 Å². The van der Waals surface area contributed by atoms with Crippen molar-refractivity contribution in [2.75, 3.05) is 0 Å². The summed E-state index contributed by atoms with van der Waals surface area (Å²) in [5.41, 5.74) is 1.98. The fourth-order valence-corrected chi connectivity index (χ4v) is 2.73. The topological polar surface area (TPSA) is 48.6 Å². The van der Waals surface area contributed by atoms with Crippen LogP contribution in [0.2, 0.25) is 0 Å². The second kappa shape index (κ2) is 8.35. The van der Waals surface area contributed by atoms with E-state index >= 15 is 0 Å². The first kappa shape index (κ1) is 17.0. The largest absolute Gasteiger partial charge is 0.508 e. The number of phenols is 1. The van der Waals surface area contributed by atoms with Crippen molar-refractivity contribution in [2.45, 2.75) is 19.6 Å². The molecule has 2 aromatic carbocycles. The van der Waals surface area contributed by atoms with E-state index in [0.29, 0.717) is 24.7 Å². The van der Waals surface area contributed by atoms with Gasteiger partial charge < -0.3 is 19.7 Å². The van der Waals surface area contributed by atoms with Gasteiger partial charge in [0.05, 0.1) is 12.8 Å². The van der Waals surface area contributed by atoms with E-state index in [4.69, 9.17) is 16.6 Å². The van der Waals surface area contributed by atoms with Crippen LogP contribution in [0.5, 0.6) is 5.75 Å². The van der Waals surface area contributed by atoms with E-state index in [9.17, 15) is 5.11 Å². The highest BCUT2D eigenvalue weighted by Gasteiger charge is 2.14. The van der Waals surface area contributed by atoms with Crippen molar-refractivity contribution >= 4 is 17.3 Å². The van der Waals surface area contributed by atoms with Gasteiger partial charge in [0.15, 0.2) is 5.11 Å². The summed E-state index contributed by atoms with van der Waals surface area (Å²) in [5.74, 6) is 1.08. The number of para-hydroxylation sites is 1. The summed E-state index contributed by atoms with van der Waals surface area (Å²) in [5, 5.41) is 14.0. The minimum atomic E-state index is 0.262. The van der Waals surface area contributed by atoms with Crippen LogP contribution in [0.3, 0.4) is 0 Å². The van der Waals surface area contributed by atoms with E-state index in [1.165, 1.54) is 0 Å². The SMILES string of the molecule is Oc1ccccc1CN(Cc1ccco1)C(=S)NCc1ccccc1. The van der Waals surface area contributed by atoms with Crippen molar-refractivity contribution in [1.82, 2.24) is 10.2 Å². The average Bonchev–Trinajstić information content (AvgIpc) is 3.15. The quantitative estimate of drug-likeness (QED) is 0.655. The van der Waals surface area contributed by atoms with Crippen LogP contribution < -0.4 is 5.32 Å². The van der Waals surface area contributed by atoms with E-state index in [1.54, 1.807) is 12.3 Å². The van der Waals surface area contributed by atoms with E-state index in [-0.39, 0.29) is 5.75 Å². The van der Waals surface area contributed by atoms with Gasteiger partial charge in [-0.1, -0.05) is 48.5 Å². The Morgan fingerprint density at radius 1 is 0.960 bits per heavy atom. The van der Waals surface area contributed by atoms with Gasteiger partial charge in [-0.2, -0.15) is 0 Å². The molecule has 3 aromatic rings. The van der Waals surface area contributed by atoms with Gasteiger partial charge in [-0.3, -0.25) is 0 Å². The smallest absolute Gasteiger partial charge is 0.169 e. The van der Waals surface area contributed by atoms with Gasteiger partial charge in [0.2, 0.25) is 0 Å². The van der Waals surface area contributed by atoms with E-state index in [2.05, 4.69) is 17.4 Å². The lowest BCUT2D eigenvalue weighted by Crippen LogP contribution is -2.38. The lowest BCUT2D eigenvalue weighted by atomic mass is 10.2. The summed E-state index contributed by atoms with van der Waals surface area (Å²) < 4.78 is 5.45. The van der Waals surface area contributed by atoms with Gasteiger partial charge in [-0.25, -0.2) is 0 Å². The number of hydrogen-bond acceptors (Lipinski definition) is 3. The molecule has 0 spiro atoms. The predicted molar refractivity (Wildman–Crippen MR) is 102 cm³/mol. The molecule has 4 nitrogen and oxygen atoms in total. The molecule has 25 heavy (non-hydrogen) atoms. The molecule has 2 N–H and O–H groups in total. The van der Waals surface area contributed by atoms with E-state index < -0.39 is 0 Å². The van der Waals surface area contributed by atoms with Crippen molar-refractivity contribution < 1.29 is 9.52 Å². The van der Waals surface area contributed by atoms with Crippen molar-refractivity contribution in [1.29, 1.82) is 0 Å². The highest BCUT2D eigenvalue weighted by atomic mass is 32.1. The number of benzene rings is 2. The van der Waals surface area contributed by atoms with Crippen molar-refractivity contribution in [3.63, 3.8) is 0 Å². The van der Waals surface area contributed by atoms with E-state index in [0.717, 1.165) is 16.9 Å². The second-order valence-corrected chi connectivity index (χ2v) is 6.10. The second-order valence-electron chi connectivity index (χ2n) is 5.71. The van der Waals surface area contributed by atoms with Crippen LogP contribution in [0.15, 0.2) is 77.4 Å². The molecule has 0 aliphatic rings. The number of hydrogen-bond donors (Lipinski definition) is 2. The number of rotatable bonds is 6.